The number of thioether (sulfide) groups is 1. The number of benzene rings is 3. The van der Waals surface area contributed by atoms with Gasteiger partial charge in [-0.2, -0.15) is 5.10 Å². The zero-order valence-electron chi connectivity index (χ0n) is 19.7. The lowest BCUT2D eigenvalue weighted by Crippen LogP contribution is -2.28. The number of fused-ring (bicyclic) bond motifs is 1. The highest BCUT2D eigenvalue weighted by atomic mass is 32.2. The van der Waals surface area contributed by atoms with Crippen molar-refractivity contribution in [3.05, 3.63) is 96.8 Å². The smallest absolute Gasteiger partial charge is 0.253 e. The van der Waals surface area contributed by atoms with Gasteiger partial charge in [0.05, 0.1) is 11.0 Å². The summed E-state index contributed by atoms with van der Waals surface area (Å²) in [5.74, 6) is 1.20. The van der Waals surface area contributed by atoms with Gasteiger partial charge in [0.15, 0.2) is 11.0 Å². The van der Waals surface area contributed by atoms with E-state index in [0.29, 0.717) is 17.5 Å². The molecule has 0 spiro atoms. The molecule has 7 nitrogen and oxygen atoms in total. The molecule has 1 aromatic heterocycles. The first-order valence-electron chi connectivity index (χ1n) is 11.3. The van der Waals surface area contributed by atoms with Crippen molar-refractivity contribution in [1.82, 2.24) is 20.2 Å². The Hall–Kier alpha value is -3.91. The van der Waals surface area contributed by atoms with Crippen LogP contribution in [0.5, 0.6) is 5.75 Å². The fraction of sp³-hybridized carbons (Fsp3) is 0.185. The summed E-state index contributed by atoms with van der Waals surface area (Å²) in [7, 11) is 0. The summed E-state index contributed by atoms with van der Waals surface area (Å²) in [6.07, 6.45) is 1.77. The van der Waals surface area contributed by atoms with Crippen molar-refractivity contribution in [1.29, 1.82) is 0 Å². The van der Waals surface area contributed by atoms with E-state index in [2.05, 4.69) is 51.6 Å². The van der Waals surface area contributed by atoms with E-state index < -0.39 is 5.25 Å². The number of nitrogens with zero attached hydrogens (tertiary/aromatic N) is 4. The zero-order valence-corrected chi connectivity index (χ0v) is 20.5. The Labute approximate surface area is 208 Å². The second-order valence-electron chi connectivity index (χ2n) is 7.90. The SMILES string of the molecule is C=CCn1c(COc2ccccc2)nnc1S[C@@H](C)C(=O)N/N=C(/C)c1ccc2ccccc2c1. The van der Waals surface area contributed by atoms with Crippen LogP contribution in [-0.2, 0) is 17.9 Å². The molecule has 4 rings (SSSR count). The number of hydrogen-bond donors (Lipinski definition) is 1. The summed E-state index contributed by atoms with van der Waals surface area (Å²) in [4.78, 5) is 12.7. The third kappa shape index (κ3) is 6.16. The maximum Gasteiger partial charge on any atom is 0.253 e. The van der Waals surface area contributed by atoms with Crippen LogP contribution in [0.1, 0.15) is 25.2 Å². The Bertz CT molecular complexity index is 1350. The van der Waals surface area contributed by atoms with Crippen molar-refractivity contribution in [2.24, 2.45) is 5.10 Å². The molecule has 0 aliphatic carbocycles. The van der Waals surface area contributed by atoms with Crippen molar-refractivity contribution in [3.8, 4) is 5.75 Å². The lowest BCUT2D eigenvalue weighted by atomic mass is 10.0. The van der Waals surface area contributed by atoms with E-state index >= 15 is 0 Å². The van der Waals surface area contributed by atoms with Crippen LogP contribution in [0.25, 0.3) is 10.8 Å². The molecule has 8 heteroatoms. The number of aromatic nitrogens is 3. The summed E-state index contributed by atoms with van der Waals surface area (Å²) in [6.45, 7) is 8.29. The normalized spacial score (nSPS) is 12.3. The molecule has 0 aliphatic heterocycles. The van der Waals surface area contributed by atoms with Crippen molar-refractivity contribution < 1.29 is 9.53 Å². The van der Waals surface area contributed by atoms with Gasteiger partial charge in [-0.25, -0.2) is 5.43 Å². The molecule has 4 aromatic rings. The van der Waals surface area contributed by atoms with Gasteiger partial charge in [-0.3, -0.25) is 9.36 Å². The molecule has 0 unspecified atom stereocenters. The summed E-state index contributed by atoms with van der Waals surface area (Å²) < 4.78 is 7.71. The van der Waals surface area contributed by atoms with Crippen LogP contribution in [0.15, 0.2) is 95.7 Å². The van der Waals surface area contributed by atoms with Crippen molar-refractivity contribution in [3.63, 3.8) is 0 Å². The van der Waals surface area contributed by atoms with Crippen LogP contribution < -0.4 is 10.2 Å². The standard InChI is InChI=1S/C27H27N5O2S/c1-4-16-32-25(18-34-24-12-6-5-7-13-24)29-31-27(32)35-20(3)26(33)30-28-19(2)22-15-14-21-10-8-9-11-23(21)17-22/h4-15,17,20H,1,16,18H2,2-3H3,(H,30,33)/b28-19-/t20-/m0/s1. The van der Waals surface area contributed by atoms with Crippen molar-refractivity contribution >= 4 is 34.2 Å². The summed E-state index contributed by atoms with van der Waals surface area (Å²) >= 11 is 1.31. The molecule has 0 saturated heterocycles. The number of rotatable bonds is 10. The van der Waals surface area contributed by atoms with E-state index in [1.54, 1.807) is 6.08 Å². The molecule has 0 bridgehead atoms. The Morgan fingerprint density at radius 1 is 1.11 bits per heavy atom. The van der Waals surface area contributed by atoms with Gasteiger partial charge in [-0.15, -0.1) is 16.8 Å². The summed E-state index contributed by atoms with van der Waals surface area (Å²) in [5, 5.41) is 15.3. The number of hydrogen-bond acceptors (Lipinski definition) is 6. The number of carbonyl (C=O) groups excluding carboxylic acids is 1. The molecule has 0 radical (unpaired) electrons. The van der Waals surface area contributed by atoms with Gasteiger partial charge >= 0.3 is 0 Å². The van der Waals surface area contributed by atoms with E-state index in [1.165, 1.54) is 11.8 Å². The fourth-order valence-electron chi connectivity index (χ4n) is 3.41. The topological polar surface area (TPSA) is 81.4 Å². The third-order valence-electron chi connectivity index (χ3n) is 5.37. The molecule has 0 saturated carbocycles. The van der Waals surface area contributed by atoms with Gasteiger partial charge in [0.1, 0.15) is 12.4 Å². The Kier molecular flexibility index (Phi) is 7.95. The highest BCUT2D eigenvalue weighted by Crippen LogP contribution is 2.23. The van der Waals surface area contributed by atoms with Gasteiger partial charge in [-0.1, -0.05) is 72.4 Å². The molecule has 1 N–H and O–H groups in total. The summed E-state index contributed by atoms with van der Waals surface area (Å²) in [6, 6.07) is 23.8. The van der Waals surface area contributed by atoms with Crippen LogP contribution in [-0.4, -0.2) is 31.6 Å². The molecule has 0 aliphatic rings. The maximum absolute atomic E-state index is 12.7. The fourth-order valence-corrected chi connectivity index (χ4v) is 4.28. The van der Waals surface area contributed by atoms with Gasteiger partial charge < -0.3 is 4.74 Å². The number of nitrogens with one attached hydrogen (secondary N) is 1. The van der Waals surface area contributed by atoms with Crippen LogP contribution >= 0.6 is 11.8 Å². The van der Waals surface area contributed by atoms with Crippen LogP contribution in [0.4, 0.5) is 0 Å². The Morgan fingerprint density at radius 2 is 1.86 bits per heavy atom. The first-order chi connectivity index (χ1) is 17.0. The second kappa shape index (κ2) is 11.5. The molecule has 1 amide bonds. The number of amides is 1. The lowest BCUT2D eigenvalue weighted by molar-refractivity contribution is -0.120. The lowest BCUT2D eigenvalue weighted by Gasteiger charge is -2.12. The molecular formula is C27H27N5O2S. The Balaban J connectivity index is 1.39. The van der Waals surface area contributed by atoms with Crippen molar-refractivity contribution in [2.75, 3.05) is 0 Å². The van der Waals surface area contributed by atoms with Gasteiger partial charge in [0.2, 0.25) is 0 Å². The van der Waals surface area contributed by atoms with Crippen molar-refractivity contribution in [2.45, 2.75) is 37.4 Å². The molecule has 1 atom stereocenters. The van der Waals surface area contributed by atoms with E-state index in [1.807, 2.05) is 66.9 Å². The highest BCUT2D eigenvalue weighted by molar-refractivity contribution is 8.00. The van der Waals surface area contributed by atoms with E-state index in [-0.39, 0.29) is 12.5 Å². The minimum Gasteiger partial charge on any atom is -0.486 e. The number of hydrazone groups is 1. The second-order valence-corrected chi connectivity index (χ2v) is 9.20. The molecule has 178 valence electrons. The molecule has 3 aromatic carbocycles. The van der Waals surface area contributed by atoms with Crippen LogP contribution in [0.2, 0.25) is 0 Å². The number of carbonyl (C=O) groups is 1. The largest absolute Gasteiger partial charge is 0.486 e. The minimum absolute atomic E-state index is 0.217. The Morgan fingerprint density at radius 3 is 2.63 bits per heavy atom. The zero-order chi connectivity index (χ0) is 24.6. The summed E-state index contributed by atoms with van der Waals surface area (Å²) in [5.41, 5.74) is 4.37. The number of ether oxygens (including phenoxy) is 1. The van der Waals surface area contributed by atoms with E-state index in [9.17, 15) is 4.79 Å². The number of para-hydroxylation sites is 1. The monoisotopic (exact) mass is 485 g/mol. The molecule has 1 heterocycles. The predicted octanol–water partition coefficient (Wildman–Crippen LogP) is 5.22. The molecular weight excluding hydrogens is 458 g/mol. The molecule has 35 heavy (non-hydrogen) atoms. The minimum atomic E-state index is -0.432. The van der Waals surface area contributed by atoms with E-state index in [0.717, 1.165) is 27.8 Å². The average Bonchev–Trinajstić information content (AvgIpc) is 3.27. The van der Waals surface area contributed by atoms with Crippen LogP contribution in [0, 0.1) is 0 Å². The average molecular weight is 486 g/mol. The number of allylic oxidation sites excluding steroid dienone is 1. The van der Waals surface area contributed by atoms with Gasteiger partial charge in [0, 0.05) is 6.54 Å². The van der Waals surface area contributed by atoms with E-state index in [4.69, 9.17) is 4.74 Å². The van der Waals surface area contributed by atoms with Crippen LogP contribution in [0.3, 0.4) is 0 Å². The predicted molar refractivity (Wildman–Crippen MR) is 141 cm³/mol. The quantitative estimate of drug-likeness (QED) is 0.144. The van der Waals surface area contributed by atoms with Gasteiger partial charge in [0.25, 0.3) is 5.91 Å². The molecule has 0 fully saturated rings. The third-order valence-corrected chi connectivity index (χ3v) is 6.45. The van der Waals surface area contributed by atoms with Gasteiger partial charge in [-0.05, 0) is 48.4 Å². The first-order valence-corrected chi connectivity index (χ1v) is 12.1. The maximum atomic E-state index is 12.7. The highest BCUT2D eigenvalue weighted by Gasteiger charge is 2.20. The first kappa shape index (κ1) is 24.2.